The molecule has 0 radical (unpaired) electrons. The molecule has 26 heavy (non-hydrogen) atoms. The summed E-state index contributed by atoms with van der Waals surface area (Å²) in [6.07, 6.45) is 3.32. The summed E-state index contributed by atoms with van der Waals surface area (Å²) in [6, 6.07) is 15.3. The molecule has 0 spiro atoms. The number of nitrogens with one attached hydrogen (secondary N) is 2. The number of nitrogens with zero attached hydrogens (tertiary/aromatic N) is 1. The van der Waals surface area contributed by atoms with Crippen molar-refractivity contribution in [2.24, 2.45) is 5.10 Å². The minimum Gasteiger partial charge on any atom is -0.489 e. The number of rotatable bonds is 6. The molecule has 0 atom stereocenters. The van der Waals surface area contributed by atoms with Gasteiger partial charge in [0.1, 0.15) is 12.4 Å². The minimum absolute atomic E-state index is 0.136. The fourth-order valence-electron chi connectivity index (χ4n) is 2.13. The first-order valence-corrected chi connectivity index (χ1v) is 9.00. The lowest BCUT2D eigenvalue weighted by molar-refractivity contribution is -0.139. The van der Waals surface area contributed by atoms with Gasteiger partial charge in [-0.15, -0.1) is 0 Å². The minimum atomic E-state index is -0.768. The maximum absolute atomic E-state index is 11.6. The Hall–Kier alpha value is -2.67. The highest BCUT2D eigenvalue weighted by Gasteiger charge is 2.26. The first-order valence-electron chi connectivity index (χ1n) is 8.21. The van der Waals surface area contributed by atoms with Crippen molar-refractivity contribution >= 4 is 34.0 Å². The van der Waals surface area contributed by atoms with E-state index >= 15 is 0 Å². The van der Waals surface area contributed by atoms with Crippen LogP contribution in [0.15, 0.2) is 58.1 Å². The zero-order chi connectivity index (χ0) is 18.4. The summed E-state index contributed by atoms with van der Waals surface area (Å²) in [5, 5.41) is 6.41. The Morgan fingerprint density at radius 3 is 2.65 bits per heavy atom. The van der Waals surface area contributed by atoms with E-state index in [1.165, 1.54) is 6.21 Å². The molecule has 0 heterocycles. The van der Waals surface area contributed by atoms with Crippen LogP contribution in [-0.4, -0.2) is 24.1 Å². The summed E-state index contributed by atoms with van der Waals surface area (Å²) in [5.74, 6) is -0.735. The highest BCUT2D eigenvalue weighted by molar-refractivity contribution is 9.10. The van der Waals surface area contributed by atoms with Gasteiger partial charge in [0.05, 0.1) is 6.21 Å². The van der Waals surface area contributed by atoms with Crippen molar-refractivity contribution in [2.45, 2.75) is 25.5 Å². The molecule has 0 aliphatic heterocycles. The summed E-state index contributed by atoms with van der Waals surface area (Å²) in [7, 11) is 0. The van der Waals surface area contributed by atoms with E-state index < -0.39 is 11.8 Å². The molecule has 1 saturated carbocycles. The van der Waals surface area contributed by atoms with E-state index in [0.29, 0.717) is 12.4 Å². The largest absolute Gasteiger partial charge is 0.489 e. The van der Waals surface area contributed by atoms with E-state index in [9.17, 15) is 9.59 Å². The van der Waals surface area contributed by atoms with Gasteiger partial charge in [-0.25, -0.2) is 5.43 Å². The zero-order valence-electron chi connectivity index (χ0n) is 13.9. The van der Waals surface area contributed by atoms with Crippen LogP contribution in [0.5, 0.6) is 5.75 Å². The van der Waals surface area contributed by atoms with E-state index in [4.69, 9.17) is 4.74 Å². The highest BCUT2D eigenvalue weighted by Crippen LogP contribution is 2.18. The van der Waals surface area contributed by atoms with E-state index in [1.807, 2.05) is 42.5 Å². The van der Waals surface area contributed by atoms with Gasteiger partial charge < -0.3 is 10.1 Å². The van der Waals surface area contributed by atoms with Crippen molar-refractivity contribution in [1.82, 2.24) is 10.7 Å². The van der Waals surface area contributed by atoms with Crippen LogP contribution in [-0.2, 0) is 16.2 Å². The summed E-state index contributed by atoms with van der Waals surface area (Å²) in [6.45, 7) is 0.450. The number of carbonyl (C=O) groups is 2. The maximum Gasteiger partial charge on any atom is 0.329 e. The average molecular weight is 416 g/mol. The standard InChI is InChI=1S/C19H18BrN3O3/c20-15-6-4-13(5-7-15)12-26-17-3-1-2-14(10-17)11-21-23-19(25)18(24)22-16-8-9-16/h1-7,10-11,16H,8-9,12H2,(H,22,24)(H,23,25)/b21-11-. The Kier molecular flexibility index (Phi) is 6.01. The van der Waals surface area contributed by atoms with E-state index in [2.05, 4.69) is 31.8 Å². The number of halogens is 1. The zero-order valence-corrected chi connectivity index (χ0v) is 15.5. The summed E-state index contributed by atoms with van der Waals surface area (Å²) in [4.78, 5) is 23.1. The molecule has 0 saturated heterocycles. The van der Waals surface area contributed by atoms with Gasteiger partial charge in [0.15, 0.2) is 0 Å². The topological polar surface area (TPSA) is 79.8 Å². The third-order valence-corrected chi connectivity index (χ3v) is 4.20. The smallest absolute Gasteiger partial charge is 0.329 e. The van der Waals surface area contributed by atoms with Crippen molar-refractivity contribution < 1.29 is 14.3 Å². The number of hydrogen-bond acceptors (Lipinski definition) is 4. The molecule has 0 unspecified atom stereocenters. The first-order chi connectivity index (χ1) is 12.6. The fraction of sp³-hybridized carbons (Fsp3) is 0.211. The molecule has 0 aromatic heterocycles. The molecule has 6 nitrogen and oxygen atoms in total. The fourth-order valence-corrected chi connectivity index (χ4v) is 2.39. The molecule has 3 rings (SSSR count). The van der Waals surface area contributed by atoms with Crippen molar-refractivity contribution in [3.8, 4) is 5.75 Å². The van der Waals surface area contributed by atoms with Crippen LogP contribution in [0.4, 0.5) is 0 Å². The molecule has 1 aliphatic carbocycles. The Bertz CT molecular complexity index is 817. The van der Waals surface area contributed by atoms with Gasteiger partial charge in [0, 0.05) is 10.5 Å². The van der Waals surface area contributed by atoms with Gasteiger partial charge in [-0.2, -0.15) is 5.10 Å². The van der Waals surface area contributed by atoms with Gasteiger partial charge >= 0.3 is 11.8 Å². The third kappa shape index (κ3) is 5.70. The molecular weight excluding hydrogens is 398 g/mol. The molecule has 1 fully saturated rings. The SMILES string of the molecule is O=C(N/N=C\c1cccc(OCc2ccc(Br)cc2)c1)C(=O)NC1CC1. The van der Waals surface area contributed by atoms with Crippen molar-refractivity contribution in [3.63, 3.8) is 0 Å². The number of benzene rings is 2. The lowest BCUT2D eigenvalue weighted by Gasteiger charge is -2.07. The van der Waals surface area contributed by atoms with Crippen LogP contribution >= 0.6 is 15.9 Å². The molecule has 7 heteroatoms. The summed E-state index contributed by atoms with van der Waals surface area (Å²) in [5.41, 5.74) is 4.03. The number of ether oxygens (including phenoxy) is 1. The summed E-state index contributed by atoms with van der Waals surface area (Å²) < 4.78 is 6.78. The molecule has 2 amide bonds. The molecule has 134 valence electrons. The van der Waals surface area contributed by atoms with Crippen LogP contribution in [0.1, 0.15) is 24.0 Å². The van der Waals surface area contributed by atoms with Gasteiger partial charge in [0.25, 0.3) is 0 Å². The second-order valence-electron chi connectivity index (χ2n) is 5.93. The Balaban J connectivity index is 1.50. The van der Waals surface area contributed by atoms with E-state index in [1.54, 1.807) is 6.07 Å². The molecule has 2 aromatic carbocycles. The molecular formula is C19H18BrN3O3. The van der Waals surface area contributed by atoms with Crippen LogP contribution in [0, 0.1) is 0 Å². The van der Waals surface area contributed by atoms with Gasteiger partial charge in [-0.3, -0.25) is 9.59 Å². The molecule has 2 N–H and O–H groups in total. The Labute approximate surface area is 159 Å². The van der Waals surface area contributed by atoms with Crippen molar-refractivity contribution in [1.29, 1.82) is 0 Å². The predicted octanol–water partition coefficient (Wildman–Crippen LogP) is 2.76. The Morgan fingerprint density at radius 1 is 1.15 bits per heavy atom. The van der Waals surface area contributed by atoms with Crippen LogP contribution in [0.2, 0.25) is 0 Å². The second kappa shape index (κ2) is 8.62. The van der Waals surface area contributed by atoms with Gasteiger partial charge in [0.2, 0.25) is 0 Å². The van der Waals surface area contributed by atoms with Crippen LogP contribution in [0.3, 0.4) is 0 Å². The van der Waals surface area contributed by atoms with E-state index in [-0.39, 0.29) is 6.04 Å². The third-order valence-electron chi connectivity index (χ3n) is 3.68. The molecule has 1 aliphatic rings. The van der Waals surface area contributed by atoms with E-state index in [0.717, 1.165) is 28.4 Å². The second-order valence-corrected chi connectivity index (χ2v) is 6.85. The quantitative estimate of drug-likeness (QED) is 0.432. The summed E-state index contributed by atoms with van der Waals surface area (Å²) >= 11 is 3.40. The van der Waals surface area contributed by atoms with Crippen molar-refractivity contribution in [3.05, 3.63) is 64.1 Å². The Morgan fingerprint density at radius 2 is 1.92 bits per heavy atom. The highest BCUT2D eigenvalue weighted by atomic mass is 79.9. The lowest BCUT2D eigenvalue weighted by atomic mass is 10.2. The molecule has 2 aromatic rings. The maximum atomic E-state index is 11.6. The first kappa shape index (κ1) is 18.1. The number of hydrazone groups is 1. The van der Waals surface area contributed by atoms with Gasteiger partial charge in [-0.1, -0.05) is 40.2 Å². The monoisotopic (exact) mass is 415 g/mol. The number of hydrogen-bond donors (Lipinski definition) is 2. The lowest BCUT2D eigenvalue weighted by Crippen LogP contribution is -2.38. The normalized spacial score (nSPS) is 13.4. The number of carbonyl (C=O) groups excluding carboxylic acids is 2. The van der Waals surface area contributed by atoms with Crippen LogP contribution in [0.25, 0.3) is 0 Å². The molecule has 0 bridgehead atoms. The average Bonchev–Trinajstić information content (AvgIpc) is 3.45. The van der Waals surface area contributed by atoms with Gasteiger partial charge in [-0.05, 0) is 48.2 Å². The van der Waals surface area contributed by atoms with Crippen LogP contribution < -0.4 is 15.5 Å². The number of amides is 2. The predicted molar refractivity (Wildman–Crippen MR) is 102 cm³/mol. The van der Waals surface area contributed by atoms with Crippen molar-refractivity contribution in [2.75, 3.05) is 0 Å².